The number of aromatic nitrogens is 3. The van der Waals surface area contributed by atoms with Crippen LogP contribution in [0.1, 0.15) is 19.3 Å². The Morgan fingerprint density at radius 1 is 1.21 bits per heavy atom. The quantitative estimate of drug-likeness (QED) is 0.886. The van der Waals surface area contributed by atoms with Gasteiger partial charge in [0.1, 0.15) is 0 Å². The normalized spacial score (nSPS) is 15.9. The van der Waals surface area contributed by atoms with Gasteiger partial charge < -0.3 is 15.5 Å². The lowest BCUT2D eigenvalue weighted by atomic mass is 10.1. The molecule has 8 heteroatoms. The van der Waals surface area contributed by atoms with E-state index in [-0.39, 0.29) is 11.9 Å². The van der Waals surface area contributed by atoms with E-state index in [1.807, 2.05) is 4.90 Å². The van der Waals surface area contributed by atoms with Crippen LogP contribution in [0.4, 0.5) is 26.6 Å². The number of alkyl halides is 2. The molecule has 0 bridgehead atoms. The summed E-state index contributed by atoms with van der Waals surface area (Å²) < 4.78 is 24.7. The molecule has 1 saturated heterocycles. The fraction of sp³-hybridized carbons (Fsp3) is 0.727. The average molecular weight is 272 g/mol. The van der Waals surface area contributed by atoms with Crippen molar-refractivity contribution in [3.63, 3.8) is 0 Å². The van der Waals surface area contributed by atoms with Crippen LogP contribution in [0.15, 0.2) is 0 Å². The van der Waals surface area contributed by atoms with E-state index < -0.39 is 13.0 Å². The number of hydrogen-bond donors (Lipinski definition) is 1. The van der Waals surface area contributed by atoms with Crippen LogP contribution in [-0.2, 0) is 0 Å². The van der Waals surface area contributed by atoms with Crippen LogP contribution in [-0.4, -0.2) is 48.1 Å². The molecule has 2 N–H and O–H groups in total. The second-order valence-corrected chi connectivity index (χ2v) is 4.61. The van der Waals surface area contributed by atoms with Crippen molar-refractivity contribution in [3.05, 3.63) is 0 Å². The highest BCUT2D eigenvalue weighted by molar-refractivity contribution is 5.43. The third-order valence-corrected chi connectivity index (χ3v) is 3.02. The third-order valence-electron chi connectivity index (χ3n) is 3.02. The molecule has 6 nitrogen and oxygen atoms in total. The number of anilines is 3. The molecule has 2 heterocycles. The van der Waals surface area contributed by atoms with Crippen LogP contribution < -0.4 is 15.5 Å². The zero-order valence-corrected chi connectivity index (χ0v) is 10.9. The molecule has 106 valence electrons. The Balaban J connectivity index is 2.18. The molecule has 1 aromatic rings. The van der Waals surface area contributed by atoms with Crippen molar-refractivity contribution in [1.29, 1.82) is 0 Å². The fourth-order valence-corrected chi connectivity index (χ4v) is 2.06. The van der Waals surface area contributed by atoms with Gasteiger partial charge in [0.05, 0.1) is 6.54 Å². The monoisotopic (exact) mass is 272 g/mol. The summed E-state index contributed by atoms with van der Waals surface area (Å²) in [6.07, 6.45) is 0.901. The summed E-state index contributed by atoms with van der Waals surface area (Å²) in [5.74, 6) is 0.725. The maximum Gasteiger partial charge on any atom is 0.255 e. The zero-order valence-electron chi connectivity index (χ0n) is 10.9. The Bertz CT molecular complexity index is 422. The van der Waals surface area contributed by atoms with E-state index in [1.165, 1.54) is 18.4 Å². The van der Waals surface area contributed by atoms with Gasteiger partial charge in [0.15, 0.2) is 0 Å². The van der Waals surface area contributed by atoms with Crippen molar-refractivity contribution >= 4 is 17.8 Å². The maximum absolute atomic E-state index is 12.4. The van der Waals surface area contributed by atoms with Gasteiger partial charge in [-0.25, -0.2) is 8.78 Å². The first-order valence-electron chi connectivity index (χ1n) is 6.32. The summed E-state index contributed by atoms with van der Waals surface area (Å²) in [7, 11) is 1.51. The molecular weight excluding hydrogens is 254 g/mol. The molecule has 2 rings (SSSR count). The summed E-state index contributed by atoms with van der Waals surface area (Å²) in [6.45, 7) is 1.30. The fourth-order valence-electron chi connectivity index (χ4n) is 2.06. The number of nitrogens with zero attached hydrogens (tertiary/aromatic N) is 5. The SMILES string of the molecule is CN(CC(F)F)c1nc(N)nc(N2CCCCC2)n1. The topological polar surface area (TPSA) is 71.2 Å². The zero-order chi connectivity index (χ0) is 13.8. The molecule has 0 atom stereocenters. The number of hydrogen-bond acceptors (Lipinski definition) is 6. The standard InChI is InChI=1S/C11H18F2N6/c1-18(7-8(12)13)10-15-9(14)16-11(17-10)19-5-3-2-4-6-19/h8H,2-7H2,1H3,(H2,14,15,16,17). The maximum atomic E-state index is 12.4. The van der Waals surface area contributed by atoms with Gasteiger partial charge in [-0.1, -0.05) is 0 Å². The molecule has 19 heavy (non-hydrogen) atoms. The molecule has 1 fully saturated rings. The van der Waals surface area contributed by atoms with Crippen molar-refractivity contribution in [2.75, 3.05) is 42.2 Å². The lowest BCUT2D eigenvalue weighted by Gasteiger charge is -2.27. The molecule has 0 amide bonds. The van der Waals surface area contributed by atoms with Crippen LogP contribution in [0, 0.1) is 0 Å². The average Bonchev–Trinajstić information content (AvgIpc) is 2.38. The molecule has 0 radical (unpaired) electrons. The van der Waals surface area contributed by atoms with Crippen molar-refractivity contribution < 1.29 is 8.78 Å². The van der Waals surface area contributed by atoms with Crippen molar-refractivity contribution in [2.24, 2.45) is 0 Å². The van der Waals surface area contributed by atoms with E-state index in [0.29, 0.717) is 5.95 Å². The van der Waals surface area contributed by atoms with Crippen LogP contribution in [0.25, 0.3) is 0 Å². The Labute approximate surface area is 110 Å². The van der Waals surface area contributed by atoms with Gasteiger partial charge >= 0.3 is 0 Å². The highest BCUT2D eigenvalue weighted by atomic mass is 19.3. The van der Waals surface area contributed by atoms with E-state index in [1.54, 1.807) is 0 Å². The Kier molecular flexibility index (Phi) is 4.28. The lowest BCUT2D eigenvalue weighted by molar-refractivity contribution is 0.156. The predicted molar refractivity (Wildman–Crippen MR) is 69.6 cm³/mol. The summed E-state index contributed by atoms with van der Waals surface area (Å²) in [5, 5.41) is 0. The smallest absolute Gasteiger partial charge is 0.255 e. The Morgan fingerprint density at radius 3 is 2.53 bits per heavy atom. The predicted octanol–water partition coefficient (Wildman–Crippen LogP) is 1.15. The van der Waals surface area contributed by atoms with Crippen molar-refractivity contribution in [3.8, 4) is 0 Å². The summed E-state index contributed by atoms with van der Waals surface area (Å²) in [6, 6.07) is 0. The van der Waals surface area contributed by atoms with Gasteiger partial charge in [-0.15, -0.1) is 0 Å². The lowest BCUT2D eigenvalue weighted by Crippen LogP contribution is -2.33. The number of rotatable bonds is 4. The van der Waals surface area contributed by atoms with E-state index in [9.17, 15) is 8.78 Å². The van der Waals surface area contributed by atoms with Gasteiger partial charge in [0.25, 0.3) is 6.43 Å². The van der Waals surface area contributed by atoms with Gasteiger partial charge in [-0.05, 0) is 19.3 Å². The first-order valence-corrected chi connectivity index (χ1v) is 6.32. The minimum atomic E-state index is -2.44. The highest BCUT2D eigenvalue weighted by Crippen LogP contribution is 2.19. The van der Waals surface area contributed by atoms with Crippen molar-refractivity contribution in [2.45, 2.75) is 25.7 Å². The summed E-state index contributed by atoms with van der Waals surface area (Å²) in [5.41, 5.74) is 5.63. The number of nitrogen functional groups attached to an aromatic ring is 1. The third kappa shape index (κ3) is 3.62. The number of nitrogens with two attached hydrogens (primary N) is 1. The minimum absolute atomic E-state index is 0.0617. The van der Waals surface area contributed by atoms with Crippen molar-refractivity contribution in [1.82, 2.24) is 15.0 Å². The van der Waals surface area contributed by atoms with E-state index in [0.717, 1.165) is 25.9 Å². The number of halogens is 2. The highest BCUT2D eigenvalue weighted by Gasteiger charge is 2.18. The molecule has 0 saturated carbocycles. The first-order chi connectivity index (χ1) is 9.06. The summed E-state index contributed by atoms with van der Waals surface area (Å²) in [4.78, 5) is 15.5. The van der Waals surface area contributed by atoms with Crippen LogP contribution >= 0.6 is 0 Å². The van der Waals surface area contributed by atoms with E-state index in [4.69, 9.17) is 5.73 Å². The first kappa shape index (κ1) is 13.7. The molecule has 0 unspecified atom stereocenters. The van der Waals surface area contributed by atoms with Gasteiger partial charge in [-0.3, -0.25) is 0 Å². The second kappa shape index (κ2) is 5.94. The van der Waals surface area contributed by atoms with Gasteiger partial charge in [0, 0.05) is 20.1 Å². The van der Waals surface area contributed by atoms with Crippen LogP contribution in [0.2, 0.25) is 0 Å². The van der Waals surface area contributed by atoms with E-state index >= 15 is 0 Å². The van der Waals surface area contributed by atoms with Crippen LogP contribution in [0.5, 0.6) is 0 Å². The largest absolute Gasteiger partial charge is 0.368 e. The minimum Gasteiger partial charge on any atom is -0.368 e. The molecule has 1 aliphatic heterocycles. The van der Waals surface area contributed by atoms with Gasteiger partial charge in [0.2, 0.25) is 17.8 Å². The van der Waals surface area contributed by atoms with Gasteiger partial charge in [-0.2, -0.15) is 15.0 Å². The number of piperidine rings is 1. The second-order valence-electron chi connectivity index (χ2n) is 4.61. The van der Waals surface area contributed by atoms with Crippen LogP contribution in [0.3, 0.4) is 0 Å². The van der Waals surface area contributed by atoms with E-state index in [2.05, 4.69) is 15.0 Å². The molecular formula is C11H18F2N6. The Hall–Kier alpha value is -1.73. The molecule has 1 aliphatic rings. The molecule has 0 aromatic carbocycles. The summed E-state index contributed by atoms with van der Waals surface area (Å²) >= 11 is 0. The Morgan fingerprint density at radius 2 is 1.89 bits per heavy atom. The molecule has 1 aromatic heterocycles. The molecule has 0 spiro atoms. The molecule has 0 aliphatic carbocycles.